The summed E-state index contributed by atoms with van der Waals surface area (Å²) in [4.78, 5) is 10.6. The zero-order valence-electron chi connectivity index (χ0n) is 27.6. The third-order valence-electron chi connectivity index (χ3n) is 8.13. The van der Waals surface area contributed by atoms with Crippen LogP contribution in [0.25, 0.3) is 0 Å². The zero-order chi connectivity index (χ0) is 29.8. The van der Waals surface area contributed by atoms with Crippen molar-refractivity contribution >= 4 is 5.91 Å². The molecule has 0 aliphatic carbocycles. The lowest BCUT2D eigenvalue weighted by Crippen LogP contribution is -2.10. The summed E-state index contributed by atoms with van der Waals surface area (Å²) in [5, 5.41) is 17.9. The van der Waals surface area contributed by atoms with Crippen molar-refractivity contribution in [2.75, 3.05) is 6.61 Å². The highest BCUT2D eigenvalue weighted by Gasteiger charge is 2.01. The van der Waals surface area contributed by atoms with E-state index in [9.17, 15) is 9.90 Å². The average Bonchev–Trinajstić information content (AvgIpc) is 2.95. The lowest BCUT2D eigenvalue weighted by Gasteiger charge is -2.06. The Morgan fingerprint density at radius 1 is 0.475 bits per heavy atom. The van der Waals surface area contributed by atoms with E-state index >= 15 is 0 Å². The third-order valence-corrected chi connectivity index (χ3v) is 8.13. The molecule has 0 heterocycles. The van der Waals surface area contributed by atoms with Gasteiger partial charge in [-0.05, 0) is 12.8 Å². The molecule has 0 saturated heterocycles. The van der Waals surface area contributed by atoms with E-state index < -0.39 is 6.10 Å². The highest BCUT2D eigenvalue weighted by atomic mass is 16.3. The highest BCUT2D eigenvalue weighted by molar-refractivity contribution is 5.73. The molecule has 242 valence electrons. The minimum Gasteiger partial charge on any atom is -0.394 e. The van der Waals surface area contributed by atoms with Gasteiger partial charge in [-0.15, -0.1) is 0 Å². The van der Waals surface area contributed by atoms with Crippen LogP contribution < -0.4 is 5.73 Å². The van der Waals surface area contributed by atoms with E-state index in [1.807, 2.05) is 0 Å². The number of aliphatic hydroxyl groups is 2. The van der Waals surface area contributed by atoms with Gasteiger partial charge in [0.05, 0.1) is 12.7 Å². The molecule has 0 aromatic heterocycles. The molecular formula is C36H75NO3. The molecular weight excluding hydrogens is 494 g/mol. The van der Waals surface area contributed by atoms with Crippen LogP contribution in [0, 0.1) is 0 Å². The fraction of sp³-hybridized carbons (Fsp3) is 0.972. The third kappa shape index (κ3) is 41.9. The van der Waals surface area contributed by atoms with Crippen LogP contribution in [0.3, 0.4) is 0 Å². The molecule has 0 aromatic rings. The van der Waals surface area contributed by atoms with Gasteiger partial charge in [0.1, 0.15) is 0 Å². The molecule has 1 amide bonds. The maximum Gasteiger partial charge on any atom is 0.217 e. The van der Waals surface area contributed by atoms with E-state index in [1.54, 1.807) is 0 Å². The van der Waals surface area contributed by atoms with Crippen molar-refractivity contribution in [3.05, 3.63) is 0 Å². The Labute approximate surface area is 252 Å². The number of carbonyl (C=O) groups excluding carboxylic acids is 1. The summed E-state index contributed by atoms with van der Waals surface area (Å²) in [5.41, 5.74) is 5.11. The molecule has 0 rings (SSSR count). The average molecular weight is 570 g/mol. The molecule has 0 saturated carbocycles. The van der Waals surface area contributed by atoms with E-state index in [-0.39, 0.29) is 12.5 Å². The van der Waals surface area contributed by atoms with Crippen LogP contribution in [-0.2, 0) is 4.79 Å². The van der Waals surface area contributed by atoms with Crippen LogP contribution >= 0.6 is 0 Å². The monoisotopic (exact) mass is 570 g/mol. The first kappa shape index (κ1) is 41.5. The van der Waals surface area contributed by atoms with Crippen LogP contribution in [0.15, 0.2) is 0 Å². The van der Waals surface area contributed by atoms with Gasteiger partial charge in [-0.2, -0.15) is 0 Å². The number of hydrogen-bond acceptors (Lipinski definition) is 3. The van der Waals surface area contributed by atoms with Gasteiger partial charge in [-0.1, -0.05) is 194 Å². The van der Waals surface area contributed by atoms with Gasteiger partial charge >= 0.3 is 0 Å². The molecule has 1 unspecified atom stereocenters. The summed E-state index contributed by atoms with van der Waals surface area (Å²) in [6.45, 7) is 4.46. The molecule has 0 bridgehead atoms. The number of unbranched alkanes of at least 4 members (excludes halogenated alkanes) is 27. The maximum absolute atomic E-state index is 10.6. The van der Waals surface area contributed by atoms with E-state index in [0.717, 1.165) is 19.3 Å². The number of hydrogen-bond donors (Lipinski definition) is 3. The second-order valence-corrected chi connectivity index (χ2v) is 12.4. The predicted octanol–water partition coefficient (Wildman–Crippen LogP) is 10.9. The first-order chi connectivity index (χ1) is 19.6. The number of amides is 1. The van der Waals surface area contributed by atoms with Gasteiger partial charge in [-0.3, -0.25) is 4.79 Å². The second-order valence-electron chi connectivity index (χ2n) is 12.4. The van der Waals surface area contributed by atoms with Gasteiger partial charge in [0.2, 0.25) is 5.91 Å². The number of nitrogens with two attached hydrogens (primary N) is 1. The zero-order valence-corrected chi connectivity index (χ0v) is 27.6. The smallest absolute Gasteiger partial charge is 0.217 e. The molecule has 4 heteroatoms. The molecule has 4 N–H and O–H groups in total. The summed E-state index contributed by atoms with van der Waals surface area (Å²) in [7, 11) is 0. The van der Waals surface area contributed by atoms with Gasteiger partial charge in [0.15, 0.2) is 0 Å². The summed E-state index contributed by atoms with van der Waals surface area (Å²) in [6, 6.07) is 0. The normalized spacial score (nSPS) is 11.8. The van der Waals surface area contributed by atoms with E-state index in [4.69, 9.17) is 10.8 Å². The van der Waals surface area contributed by atoms with Crippen molar-refractivity contribution in [1.82, 2.24) is 0 Å². The minimum atomic E-state index is -0.493. The van der Waals surface area contributed by atoms with E-state index in [1.165, 1.54) is 173 Å². The Kier molecular flexibility index (Phi) is 39.9. The fourth-order valence-corrected chi connectivity index (χ4v) is 5.34. The molecule has 0 aliphatic rings. The molecule has 40 heavy (non-hydrogen) atoms. The number of rotatable bonds is 32. The summed E-state index contributed by atoms with van der Waals surface area (Å²) < 4.78 is 0. The molecule has 0 radical (unpaired) electrons. The Morgan fingerprint density at radius 2 is 0.725 bits per heavy atom. The van der Waals surface area contributed by atoms with Crippen LogP contribution in [-0.4, -0.2) is 28.8 Å². The summed E-state index contributed by atoms with van der Waals surface area (Å²) in [5.74, 6) is -0.153. The van der Waals surface area contributed by atoms with Crippen molar-refractivity contribution in [2.24, 2.45) is 5.73 Å². The largest absolute Gasteiger partial charge is 0.394 e. The van der Waals surface area contributed by atoms with Gasteiger partial charge in [-0.25, -0.2) is 0 Å². The standard InChI is InChI=1S/C18H37NO.C18H38O2/c1-2-3-4-5-6-7-8-9-10-11-12-13-14-15-16-17-18(19)20;1-2-3-4-5-6-7-8-9-10-11-12-13-14-15-16-18(20)17-19/h2-17H2,1H3,(H2,19,20);18-20H,2-17H2,1H3. The quantitative estimate of drug-likeness (QED) is 0.0704. The first-order valence-electron chi connectivity index (χ1n) is 18.2. The number of primary amides is 1. The van der Waals surface area contributed by atoms with Crippen LogP contribution in [0.4, 0.5) is 0 Å². The Morgan fingerprint density at radius 3 is 0.975 bits per heavy atom. The summed E-state index contributed by atoms with van der Waals surface area (Å²) in [6.07, 6.45) is 40.1. The van der Waals surface area contributed by atoms with E-state index in [2.05, 4.69) is 13.8 Å². The van der Waals surface area contributed by atoms with Gasteiger partial charge < -0.3 is 15.9 Å². The molecule has 4 nitrogen and oxygen atoms in total. The fourth-order valence-electron chi connectivity index (χ4n) is 5.34. The minimum absolute atomic E-state index is 0.0849. The van der Waals surface area contributed by atoms with Gasteiger partial charge in [0.25, 0.3) is 0 Å². The highest BCUT2D eigenvalue weighted by Crippen LogP contribution is 2.15. The summed E-state index contributed by atoms with van der Waals surface area (Å²) >= 11 is 0. The first-order valence-corrected chi connectivity index (χ1v) is 18.2. The van der Waals surface area contributed by atoms with Crippen molar-refractivity contribution in [3.63, 3.8) is 0 Å². The van der Waals surface area contributed by atoms with Crippen molar-refractivity contribution in [3.8, 4) is 0 Å². The predicted molar refractivity (Wildman–Crippen MR) is 177 cm³/mol. The van der Waals surface area contributed by atoms with Crippen LogP contribution in [0.2, 0.25) is 0 Å². The Balaban J connectivity index is 0. The topological polar surface area (TPSA) is 83.6 Å². The number of aliphatic hydroxyl groups excluding tert-OH is 2. The van der Waals surface area contributed by atoms with Crippen molar-refractivity contribution < 1.29 is 15.0 Å². The SMILES string of the molecule is CCCCCCCCCCCCCCCCC(O)CO.CCCCCCCCCCCCCCCCCC(N)=O. The van der Waals surface area contributed by atoms with E-state index in [0.29, 0.717) is 6.42 Å². The molecule has 0 aromatic carbocycles. The Hall–Kier alpha value is -0.610. The maximum atomic E-state index is 10.6. The number of carbonyl (C=O) groups is 1. The molecule has 0 aliphatic heterocycles. The molecule has 0 fully saturated rings. The molecule has 0 spiro atoms. The lowest BCUT2D eigenvalue weighted by atomic mass is 10.0. The van der Waals surface area contributed by atoms with Crippen LogP contribution in [0.1, 0.15) is 213 Å². The van der Waals surface area contributed by atoms with Crippen LogP contribution in [0.5, 0.6) is 0 Å². The van der Waals surface area contributed by atoms with Crippen molar-refractivity contribution in [1.29, 1.82) is 0 Å². The Bertz CT molecular complexity index is 457. The van der Waals surface area contributed by atoms with Crippen molar-refractivity contribution in [2.45, 2.75) is 219 Å². The lowest BCUT2D eigenvalue weighted by molar-refractivity contribution is -0.118. The van der Waals surface area contributed by atoms with Gasteiger partial charge in [0, 0.05) is 6.42 Å². The second kappa shape index (κ2) is 38.4. The molecule has 1 atom stereocenters.